The van der Waals surface area contributed by atoms with Crippen molar-refractivity contribution in [3.63, 3.8) is 0 Å². The highest BCUT2D eigenvalue weighted by atomic mass is 14.9. The summed E-state index contributed by atoms with van der Waals surface area (Å²) in [7, 11) is 0. The third-order valence-electron chi connectivity index (χ3n) is 10.0. The average Bonchev–Trinajstić information content (AvgIpc) is 3.44. The smallest absolute Gasteiger partial charge is 0.160 e. The molecule has 0 unspecified atom stereocenters. The second-order valence-electron chi connectivity index (χ2n) is 13.6. The summed E-state index contributed by atoms with van der Waals surface area (Å²) in [5, 5.41) is 0. The van der Waals surface area contributed by atoms with Gasteiger partial charge in [0, 0.05) is 40.1 Å². The lowest BCUT2D eigenvalue weighted by Gasteiger charge is -2.21. The number of fused-ring (bicyclic) bond motifs is 3. The van der Waals surface area contributed by atoms with Crippen LogP contribution in [0.3, 0.4) is 0 Å². The molecule has 242 valence electrons. The molecule has 6 aromatic carbocycles. The zero-order chi connectivity index (χ0) is 34.4. The van der Waals surface area contributed by atoms with E-state index in [1.165, 1.54) is 22.3 Å². The number of rotatable bonds is 6. The van der Waals surface area contributed by atoms with E-state index in [0.717, 1.165) is 55.9 Å². The lowest BCUT2D eigenvalue weighted by Crippen LogP contribution is -2.14. The highest BCUT2D eigenvalue weighted by molar-refractivity contribution is 5.87. The molecule has 0 spiro atoms. The molecule has 1 aliphatic carbocycles. The number of benzene rings is 6. The first-order valence-corrected chi connectivity index (χ1v) is 17.3. The van der Waals surface area contributed by atoms with E-state index in [-0.39, 0.29) is 5.41 Å². The second kappa shape index (κ2) is 12.4. The number of hydrogen-bond acceptors (Lipinski definition) is 4. The van der Waals surface area contributed by atoms with Crippen molar-refractivity contribution in [1.82, 2.24) is 19.9 Å². The van der Waals surface area contributed by atoms with Crippen LogP contribution < -0.4 is 0 Å². The maximum Gasteiger partial charge on any atom is 0.160 e. The van der Waals surface area contributed by atoms with Crippen molar-refractivity contribution in [2.75, 3.05) is 0 Å². The van der Waals surface area contributed by atoms with Crippen LogP contribution in [0, 0.1) is 0 Å². The summed E-state index contributed by atoms with van der Waals surface area (Å²) in [5.74, 6) is 1.39. The van der Waals surface area contributed by atoms with Crippen LogP contribution in [-0.2, 0) is 5.41 Å². The molecule has 2 heterocycles. The Balaban J connectivity index is 1.24. The molecule has 0 saturated heterocycles. The van der Waals surface area contributed by atoms with Crippen LogP contribution in [0.2, 0.25) is 0 Å². The minimum absolute atomic E-state index is 0.0543. The molecule has 0 bridgehead atoms. The van der Waals surface area contributed by atoms with Gasteiger partial charge in [0.15, 0.2) is 11.6 Å². The Morgan fingerprint density at radius 3 is 1.55 bits per heavy atom. The first-order valence-electron chi connectivity index (χ1n) is 17.3. The normalized spacial score (nSPS) is 12.7. The van der Waals surface area contributed by atoms with Gasteiger partial charge in [-0.2, -0.15) is 0 Å². The Bertz CT molecular complexity index is 2470. The van der Waals surface area contributed by atoms with Crippen molar-refractivity contribution in [3.05, 3.63) is 181 Å². The highest BCUT2D eigenvalue weighted by Gasteiger charge is 2.35. The van der Waals surface area contributed by atoms with E-state index in [9.17, 15) is 0 Å². The Morgan fingerprint density at radius 1 is 0.353 bits per heavy atom. The predicted molar refractivity (Wildman–Crippen MR) is 208 cm³/mol. The van der Waals surface area contributed by atoms with Crippen molar-refractivity contribution >= 4 is 0 Å². The molecule has 8 aromatic rings. The number of nitrogens with zero attached hydrogens (tertiary/aromatic N) is 4. The Morgan fingerprint density at radius 2 is 0.882 bits per heavy atom. The van der Waals surface area contributed by atoms with Gasteiger partial charge in [0.2, 0.25) is 0 Å². The van der Waals surface area contributed by atoms with Crippen molar-refractivity contribution < 1.29 is 0 Å². The summed E-state index contributed by atoms with van der Waals surface area (Å²) in [6.07, 6.45) is 3.55. The zero-order valence-corrected chi connectivity index (χ0v) is 28.5. The maximum absolute atomic E-state index is 5.20. The van der Waals surface area contributed by atoms with E-state index in [0.29, 0.717) is 11.6 Å². The lowest BCUT2D eigenvalue weighted by molar-refractivity contribution is 0.660. The fourth-order valence-electron chi connectivity index (χ4n) is 7.34. The maximum atomic E-state index is 5.20. The van der Waals surface area contributed by atoms with Crippen molar-refractivity contribution in [2.24, 2.45) is 0 Å². The average molecular weight is 655 g/mol. The van der Waals surface area contributed by atoms with Crippen molar-refractivity contribution in [1.29, 1.82) is 0 Å². The van der Waals surface area contributed by atoms with Gasteiger partial charge in [0.05, 0.1) is 11.4 Å². The number of hydrogen-bond donors (Lipinski definition) is 0. The van der Waals surface area contributed by atoms with Crippen LogP contribution in [-0.4, -0.2) is 19.9 Å². The Kier molecular flexibility index (Phi) is 7.44. The van der Waals surface area contributed by atoms with Gasteiger partial charge in [-0.1, -0.05) is 135 Å². The van der Waals surface area contributed by atoms with Gasteiger partial charge in [0.1, 0.15) is 0 Å². The summed E-state index contributed by atoms with van der Waals surface area (Å²) >= 11 is 0. The van der Waals surface area contributed by atoms with Gasteiger partial charge < -0.3 is 0 Å². The summed E-state index contributed by atoms with van der Waals surface area (Å²) < 4.78 is 0. The quantitative estimate of drug-likeness (QED) is 0.179. The molecule has 9 rings (SSSR count). The predicted octanol–water partition coefficient (Wildman–Crippen LogP) is 11.6. The molecule has 0 aliphatic heterocycles. The van der Waals surface area contributed by atoms with E-state index in [4.69, 9.17) is 9.97 Å². The highest BCUT2D eigenvalue weighted by Crippen LogP contribution is 2.49. The van der Waals surface area contributed by atoms with Gasteiger partial charge in [0.25, 0.3) is 0 Å². The molecule has 1 aliphatic rings. The van der Waals surface area contributed by atoms with Crippen LogP contribution in [0.5, 0.6) is 0 Å². The fraction of sp³-hybridized carbons (Fsp3) is 0.0638. The summed E-state index contributed by atoms with van der Waals surface area (Å²) in [5.41, 5.74) is 15.5. The van der Waals surface area contributed by atoms with Crippen LogP contribution in [0.25, 0.3) is 78.7 Å². The van der Waals surface area contributed by atoms with E-state index < -0.39 is 0 Å². The van der Waals surface area contributed by atoms with Gasteiger partial charge in [-0.15, -0.1) is 0 Å². The summed E-state index contributed by atoms with van der Waals surface area (Å²) in [4.78, 5) is 19.3. The van der Waals surface area contributed by atoms with Crippen LogP contribution >= 0.6 is 0 Å². The topological polar surface area (TPSA) is 51.6 Å². The van der Waals surface area contributed by atoms with E-state index in [1.54, 1.807) is 12.4 Å². The van der Waals surface area contributed by atoms with E-state index >= 15 is 0 Å². The monoisotopic (exact) mass is 654 g/mol. The number of aromatic nitrogens is 4. The summed E-state index contributed by atoms with van der Waals surface area (Å²) in [6, 6.07) is 55.5. The van der Waals surface area contributed by atoms with Crippen LogP contribution in [0.1, 0.15) is 25.0 Å². The molecule has 0 fully saturated rings. The Hall–Kier alpha value is -6.52. The molecule has 2 aromatic heterocycles. The van der Waals surface area contributed by atoms with Gasteiger partial charge >= 0.3 is 0 Å². The first kappa shape index (κ1) is 30.5. The van der Waals surface area contributed by atoms with Crippen molar-refractivity contribution in [2.45, 2.75) is 19.3 Å². The minimum Gasteiger partial charge on any atom is -0.237 e. The third-order valence-corrected chi connectivity index (χ3v) is 10.0. The standard InChI is InChI=1S/C47H34N4/c1-47(2)41-17-10-9-16-39(41)40-29-35(22-23-42(40)47)37-26-36(31-18-20-34(21-19-31)45-48-24-11-25-49-45)27-38(28-37)46-50-43(32-12-5-3-6-13-32)30-44(51-46)33-14-7-4-8-15-33/h3-30H,1-2H3. The van der Waals surface area contributed by atoms with Crippen molar-refractivity contribution in [3.8, 4) is 78.7 Å². The molecule has 0 amide bonds. The third kappa shape index (κ3) is 5.61. The minimum atomic E-state index is -0.0543. The molecule has 0 saturated carbocycles. The van der Waals surface area contributed by atoms with Gasteiger partial charge in [-0.05, 0) is 80.9 Å². The van der Waals surface area contributed by atoms with Gasteiger partial charge in [-0.25, -0.2) is 19.9 Å². The van der Waals surface area contributed by atoms with Gasteiger partial charge in [-0.3, -0.25) is 0 Å². The second-order valence-corrected chi connectivity index (χ2v) is 13.6. The molecule has 0 N–H and O–H groups in total. The molecular weight excluding hydrogens is 621 g/mol. The SMILES string of the molecule is CC1(C)c2ccccc2-c2cc(-c3cc(-c4ccc(-c5ncccn5)cc4)cc(-c4nc(-c5ccccc5)cc(-c5ccccc5)n4)c3)ccc21. The van der Waals surface area contributed by atoms with Crippen LogP contribution in [0.15, 0.2) is 170 Å². The first-order chi connectivity index (χ1) is 25.0. The summed E-state index contributed by atoms with van der Waals surface area (Å²) in [6.45, 7) is 4.64. The molecular formula is C47H34N4. The molecule has 4 nitrogen and oxygen atoms in total. The molecule has 4 heteroatoms. The largest absolute Gasteiger partial charge is 0.237 e. The molecule has 51 heavy (non-hydrogen) atoms. The molecule has 0 radical (unpaired) electrons. The Labute approximate surface area is 298 Å². The van der Waals surface area contributed by atoms with E-state index in [1.807, 2.05) is 18.2 Å². The van der Waals surface area contributed by atoms with E-state index in [2.05, 4.69) is 163 Å². The fourth-order valence-corrected chi connectivity index (χ4v) is 7.34. The van der Waals surface area contributed by atoms with Crippen LogP contribution in [0.4, 0.5) is 0 Å². The zero-order valence-electron chi connectivity index (χ0n) is 28.5. The molecule has 0 atom stereocenters. The lowest BCUT2D eigenvalue weighted by atomic mass is 9.82.